The molecule has 0 saturated carbocycles. The maximum Gasteiger partial charge on any atom is 0.237 e. The topological polar surface area (TPSA) is 87.6 Å². The van der Waals surface area contributed by atoms with Gasteiger partial charge in [0.15, 0.2) is 0 Å². The summed E-state index contributed by atoms with van der Waals surface area (Å²) in [7, 11) is 0. The number of hydrogen-bond donors (Lipinski definition) is 2. The lowest BCUT2D eigenvalue weighted by Crippen LogP contribution is -2.50. The van der Waals surface area contributed by atoms with Gasteiger partial charge in [-0.25, -0.2) is 0 Å². The fraction of sp³-hybridized carbons (Fsp3) is 0.900. The van der Waals surface area contributed by atoms with Gasteiger partial charge in [-0.1, -0.05) is 0 Å². The normalized spacial score (nSPS) is 25.1. The molecule has 0 spiro atoms. The highest BCUT2D eigenvalue weighted by Crippen LogP contribution is 2.13. The van der Waals surface area contributed by atoms with Gasteiger partial charge >= 0.3 is 0 Å². The van der Waals surface area contributed by atoms with E-state index < -0.39 is 11.4 Å². The van der Waals surface area contributed by atoms with Crippen LogP contribution in [0.5, 0.6) is 0 Å². The Kier molecular flexibility index (Phi) is 4.50. The molecule has 4 N–H and O–H groups in total. The minimum atomic E-state index is -0.966. The number of amides is 1. The number of carbonyl (C=O) groups excluding carboxylic acids is 1. The Morgan fingerprint density at radius 1 is 1.67 bits per heavy atom. The summed E-state index contributed by atoms with van der Waals surface area (Å²) in [5.74, 6) is -0.00194. The molecular formula is C10H20N2O3. The second-order valence-corrected chi connectivity index (χ2v) is 4.34. The van der Waals surface area contributed by atoms with Crippen LogP contribution in [0.3, 0.4) is 0 Å². The van der Waals surface area contributed by atoms with Crippen molar-refractivity contribution in [3.05, 3.63) is 0 Å². The van der Waals surface area contributed by atoms with Gasteiger partial charge in [0.2, 0.25) is 5.91 Å². The largest absolute Gasteiger partial charge is 0.381 e. The molecule has 2 unspecified atom stereocenters. The molecule has 0 aliphatic carbocycles. The van der Waals surface area contributed by atoms with Gasteiger partial charge in [-0.05, 0) is 19.8 Å². The maximum atomic E-state index is 10.9. The van der Waals surface area contributed by atoms with Gasteiger partial charge < -0.3 is 20.9 Å². The molecular weight excluding hydrogens is 196 g/mol. The zero-order valence-electron chi connectivity index (χ0n) is 9.20. The van der Waals surface area contributed by atoms with Crippen molar-refractivity contribution >= 4 is 5.91 Å². The van der Waals surface area contributed by atoms with E-state index in [0.717, 1.165) is 19.6 Å². The Bertz CT molecular complexity index is 213. The Hall–Kier alpha value is -0.650. The van der Waals surface area contributed by atoms with Crippen molar-refractivity contribution in [2.24, 2.45) is 17.4 Å². The molecule has 88 valence electrons. The average Bonchev–Trinajstić information content (AvgIpc) is 2.64. The lowest BCUT2D eigenvalue weighted by Gasteiger charge is -2.20. The number of hydrogen-bond acceptors (Lipinski definition) is 4. The Morgan fingerprint density at radius 2 is 2.40 bits per heavy atom. The second-order valence-electron chi connectivity index (χ2n) is 4.34. The molecule has 1 aliphatic rings. The number of ether oxygens (including phenoxy) is 2. The van der Waals surface area contributed by atoms with E-state index in [2.05, 4.69) is 0 Å². The van der Waals surface area contributed by atoms with E-state index in [4.69, 9.17) is 20.9 Å². The first-order valence-corrected chi connectivity index (χ1v) is 5.26. The third kappa shape index (κ3) is 4.15. The van der Waals surface area contributed by atoms with E-state index >= 15 is 0 Å². The van der Waals surface area contributed by atoms with Crippen molar-refractivity contribution in [1.29, 1.82) is 0 Å². The van der Waals surface area contributed by atoms with Crippen LogP contribution in [0.1, 0.15) is 19.8 Å². The van der Waals surface area contributed by atoms with Crippen molar-refractivity contribution < 1.29 is 14.3 Å². The summed E-state index contributed by atoms with van der Waals surface area (Å²) in [4.78, 5) is 10.9. The second kappa shape index (κ2) is 5.44. The first-order chi connectivity index (χ1) is 7.02. The Labute approximate surface area is 90.1 Å². The van der Waals surface area contributed by atoms with Gasteiger partial charge in [0.25, 0.3) is 0 Å². The number of primary amides is 1. The highest BCUT2D eigenvalue weighted by Gasteiger charge is 2.25. The van der Waals surface area contributed by atoms with Crippen molar-refractivity contribution in [3.8, 4) is 0 Å². The molecule has 0 radical (unpaired) electrons. The SMILES string of the molecule is CC(N)(CCOCC1CCOC1)C(N)=O. The number of carbonyl (C=O) groups is 1. The van der Waals surface area contributed by atoms with Crippen molar-refractivity contribution in [1.82, 2.24) is 0 Å². The van der Waals surface area contributed by atoms with Crippen LogP contribution in [-0.4, -0.2) is 37.9 Å². The number of rotatable bonds is 6. The summed E-state index contributed by atoms with van der Waals surface area (Å²) in [6, 6.07) is 0. The van der Waals surface area contributed by atoms with E-state index in [1.165, 1.54) is 0 Å². The van der Waals surface area contributed by atoms with Crippen LogP contribution in [0.2, 0.25) is 0 Å². The van der Waals surface area contributed by atoms with Crippen LogP contribution >= 0.6 is 0 Å². The van der Waals surface area contributed by atoms with E-state index in [0.29, 0.717) is 25.6 Å². The molecule has 1 amide bonds. The lowest BCUT2D eigenvalue weighted by atomic mass is 9.99. The fourth-order valence-electron chi connectivity index (χ4n) is 1.37. The van der Waals surface area contributed by atoms with E-state index in [-0.39, 0.29) is 0 Å². The highest BCUT2D eigenvalue weighted by atomic mass is 16.5. The summed E-state index contributed by atoms with van der Waals surface area (Å²) in [6.07, 6.45) is 1.51. The molecule has 0 bridgehead atoms. The summed E-state index contributed by atoms with van der Waals surface area (Å²) >= 11 is 0. The summed E-state index contributed by atoms with van der Waals surface area (Å²) in [6.45, 7) is 4.36. The minimum absolute atomic E-state index is 0.454. The zero-order valence-corrected chi connectivity index (χ0v) is 9.20. The quantitative estimate of drug-likeness (QED) is 0.593. The van der Waals surface area contributed by atoms with Crippen molar-refractivity contribution in [3.63, 3.8) is 0 Å². The van der Waals surface area contributed by atoms with Crippen molar-refractivity contribution in [2.75, 3.05) is 26.4 Å². The third-order valence-electron chi connectivity index (χ3n) is 2.71. The molecule has 5 heteroatoms. The molecule has 2 atom stereocenters. The molecule has 1 saturated heterocycles. The Balaban J connectivity index is 2.08. The van der Waals surface area contributed by atoms with Gasteiger partial charge in [-0.3, -0.25) is 4.79 Å². The van der Waals surface area contributed by atoms with E-state index in [1.807, 2.05) is 0 Å². The molecule has 1 fully saturated rings. The predicted molar refractivity (Wildman–Crippen MR) is 56.1 cm³/mol. The standard InChI is InChI=1S/C10H20N2O3/c1-10(12,9(11)13)3-5-15-7-8-2-4-14-6-8/h8H,2-7,12H2,1H3,(H2,11,13). The zero-order chi connectivity index (χ0) is 11.3. The van der Waals surface area contributed by atoms with Crippen LogP contribution in [-0.2, 0) is 14.3 Å². The van der Waals surface area contributed by atoms with Gasteiger partial charge in [0.1, 0.15) is 0 Å². The summed E-state index contributed by atoms with van der Waals surface area (Å²) in [5.41, 5.74) is 9.84. The maximum absolute atomic E-state index is 10.9. The van der Waals surface area contributed by atoms with Gasteiger partial charge in [-0.2, -0.15) is 0 Å². The molecule has 1 rings (SSSR count). The molecule has 0 aromatic rings. The van der Waals surface area contributed by atoms with Gasteiger partial charge in [-0.15, -0.1) is 0 Å². The van der Waals surface area contributed by atoms with Gasteiger partial charge in [0, 0.05) is 19.1 Å². The lowest BCUT2D eigenvalue weighted by molar-refractivity contribution is -0.123. The summed E-state index contributed by atoms with van der Waals surface area (Å²) in [5, 5.41) is 0. The first kappa shape index (κ1) is 12.4. The predicted octanol–water partition coefficient (Wildman–Crippen LogP) is -0.368. The summed E-state index contributed by atoms with van der Waals surface area (Å²) < 4.78 is 10.7. The fourth-order valence-corrected chi connectivity index (χ4v) is 1.37. The van der Waals surface area contributed by atoms with Crippen molar-refractivity contribution in [2.45, 2.75) is 25.3 Å². The van der Waals surface area contributed by atoms with Crippen LogP contribution in [0.25, 0.3) is 0 Å². The highest BCUT2D eigenvalue weighted by molar-refractivity contribution is 5.83. The van der Waals surface area contributed by atoms with Crippen LogP contribution in [0.15, 0.2) is 0 Å². The molecule has 15 heavy (non-hydrogen) atoms. The average molecular weight is 216 g/mol. The molecule has 0 aromatic carbocycles. The molecule has 1 heterocycles. The smallest absolute Gasteiger partial charge is 0.237 e. The van der Waals surface area contributed by atoms with Crippen LogP contribution in [0.4, 0.5) is 0 Å². The minimum Gasteiger partial charge on any atom is -0.381 e. The van der Waals surface area contributed by atoms with Gasteiger partial charge in [0.05, 0.1) is 18.8 Å². The third-order valence-corrected chi connectivity index (χ3v) is 2.71. The monoisotopic (exact) mass is 216 g/mol. The van der Waals surface area contributed by atoms with E-state index in [1.54, 1.807) is 6.92 Å². The van der Waals surface area contributed by atoms with Crippen LogP contribution in [0, 0.1) is 5.92 Å². The van der Waals surface area contributed by atoms with Crippen LogP contribution < -0.4 is 11.5 Å². The Morgan fingerprint density at radius 3 is 2.93 bits per heavy atom. The molecule has 5 nitrogen and oxygen atoms in total. The van der Waals surface area contributed by atoms with E-state index in [9.17, 15) is 4.79 Å². The molecule has 0 aromatic heterocycles. The number of nitrogens with two attached hydrogens (primary N) is 2. The first-order valence-electron chi connectivity index (χ1n) is 5.26. The molecule has 1 aliphatic heterocycles.